The minimum atomic E-state index is -0.815. The van der Waals surface area contributed by atoms with Crippen LogP contribution in [0.3, 0.4) is 0 Å². The zero-order valence-electron chi connectivity index (χ0n) is 9.72. The molecule has 0 spiro atoms. The third kappa shape index (κ3) is 2.95. The van der Waals surface area contributed by atoms with Gasteiger partial charge < -0.3 is 20.1 Å². The molecule has 2 heterocycles. The maximum atomic E-state index is 12.1. The molecule has 2 aliphatic rings. The van der Waals surface area contributed by atoms with E-state index in [1.54, 1.807) is 4.90 Å². The van der Waals surface area contributed by atoms with E-state index in [1.807, 2.05) is 0 Å². The Hall–Kier alpha value is -1.14. The molecule has 96 valence electrons. The van der Waals surface area contributed by atoms with Crippen LogP contribution in [0.15, 0.2) is 0 Å². The summed E-state index contributed by atoms with van der Waals surface area (Å²) in [4.78, 5) is 24.6. The van der Waals surface area contributed by atoms with E-state index in [9.17, 15) is 9.59 Å². The summed E-state index contributed by atoms with van der Waals surface area (Å²) in [5.74, 6) is -1.32. The number of carboxylic acid groups (broad SMARTS) is 1. The third-order valence-electron chi connectivity index (χ3n) is 3.29. The van der Waals surface area contributed by atoms with Crippen molar-refractivity contribution in [3.8, 4) is 0 Å². The Balaban J connectivity index is 1.91. The predicted molar refractivity (Wildman–Crippen MR) is 59.5 cm³/mol. The number of carboxylic acids is 1. The number of likely N-dealkylation sites (tertiary alicyclic amines) is 1. The van der Waals surface area contributed by atoms with Gasteiger partial charge in [-0.05, 0) is 12.8 Å². The Morgan fingerprint density at radius 2 is 2.24 bits per heavy atom. The first-order valence-electron chi connectivity index (χ1n) is 6.02. The summed E-state index contributed by atoms with van der Waals surface area (Å²) in [5.41, 5.74) is 0. The zero-order valence-corrected chi connectivity index (χ0v) is 9.72. The van der Waals surface area contributed by atoms with Gasteiger partial charge in [0.05, 0.1) is 12.5 Å². The average molecular weight is 242 g/mol. The van der Waals surface area contributed by atoms with Crippen LogP contribution in [0, 0.1) is 5.92 Å². The highest BCUT2D eigenvalue weighted by Gasteiger charge is 2.32. The van der Waals surface area contributed by atoms with Gasteiger partial charge in [0.15, 0.2) is 0 Å². The van der Waals surface area contributed by atoms with Crippen molar-refractivity contribution in [2.24, 2.45) is 5.92 Å². The lowest BCUT2D eigenvalue weighted by atomic mass is 9.98. The van der Waals surface area contributed by atoms with Gasteiger partial charge in [-0.15, -0.1) is 0 Å². The predicted octanol–water partition coefficient (Wildman–Crippen LogP) is -0.702. The van der Waals surface area contributed by atoms with E-state index in [4.69, 9.17) is 9.84 Å². The summed E-state index contributed by atoms with van der Waals surface area (Å²) in [6.45, 7) is 2.78. The molecule has 0 aromatic heterocycles. The van der Waals surface area contributed by atoms with Crippen molar-refractivity contribution >= 4 is 11.9 Å². The van der Waals surface area contributed by atoms with Crippen molar-refractivity contribution < 1.29 is 19.4 Å². The molecular weight excluding hydrogens is 224 g/mol. The molecule has 17 heavy (non-hydrogen) atoms. The quantitative estimate of drug-likeness (QED) is 0.669. The van der Waals surface area contributed by atoms with Gasteiger partial charge in [0, 0.05) is 26.2 Å². The Kier molecular flexibility index (Phi) is 3.96. The minimum absolute atomic E-state index is 0.0804. The number of nitrogens with one attached hydrogen (secondary N) is 1. The SMILES string of the molecule is O=C(O)[C@H]1CCCN(C(=O)C2CNCCO2)C1. The number of aliphatic carboxylic acids is 1. The molecule has 0 radical (unpaired) electrons. The molecule has 2 atom stereocenters. The van der Waals surface area contributed by atoms with Gasteiger partial charge in [-0.1, -0.05) is 0 Å². The smallest absolute Gasteiger partial charge is 0.308 e. The lowest BCUT2D eigenvalue weighted by Crippen LogP contribution is -2.52. The zero-order chi connectivity index (χ0) is 12.3. The number of piperidine rings is 1. The van der Waals surface area contributed by atoms with E-state index in [-0.39, 0.29) is 5.91 Å². The first-order chi connectivity index (χ1) is 8.18. The summed E-state index contributed by atoms with van der Waals surface area (Å²) in [6, 6.07) is 0. The van der Waals surface area contributed by atoms with Crippen LogP contribution in [-0.2, 0) is 14.3 Å². The standard InChI is InChI=1S/C11H18N2O4/c14-10(9-6-12-3-5-17-9)13-4-1-2-8(7-13)11(15)16/h8-9,12H,1-7H2,(H,15,16)/t8-,9?/m0/s1. The highest BCUT2D eigenvalue weighted by molar-refractivity contribution is 5.82. The maximum absolute atomic E-state index is 12.1. The van der Waals surface area contributed by atoms with E-state index in [1.165, 1.54) is 0 Å². The fourth-order valence-corrected chi connectivity index (χ4v) is 2.31. The van der Waals surface area contributed by atoms with E-state index >= 15 is 0 Å². The number of nitrogens with zero attached hydrogens (tertiary/aromatic N) is 1. The fourth-order valence-electron chi connectivity index (χ4n) is 2.31. The van der Waals surface area contributed by atoms with Crippen molar-refractivity contribution in [2.75, 3.05) is 32.8 Å². The summed E-state index contributed by atoms with van der Waals surface area (Å²) in [5, 5.41) is 12.1. The molecule has 0 aliphatic carbocycles. The number of hydrogen-bond acceptors (Lipinski definition) is 4. The van der Waals surface area contributed by atoms with Crippen LogP contribution < -0.4 is 5.32 Å². The summed E-state index contributed by atoms with van der Waals surface area (Å²) in [7, 11) is 0. The Morgan fingerprint density at radius 3 is 2.88 bits per heavy atom. The lowest BCUT2D eigenvalue weighted by Gasteiger charge is -2.34. The maximum Gasteiger partial charge on any atom is 0.308 e. The monoisotopic (exact) mass is 242 g/mol. The van der Waals surface area contributed by atoms with Gasteiger partial charge in [0.25, 0.3) is 5.91 Å². The van der Waals surface area contributed by atoms with Gasteiger partial charge in [-0.2, -0.15) is 0 Å². The average Bonchev–Trinajstić information content (AvgIpc) is 2.39. The molecule has 0 aromatic carbocycles. The van der Waals surface area contributed by atoms with Gasteiger partial charge in [-0.25, -0.2) is 0 Å². The molecule has 0 saturated carbocycles. The number of morpholine rings is 1. The lowest BCUT2D eigenvalue weighted by molar-refractivity contribution is -0.151. The Labute approximate surface area is 99.9 Å². The molecule has 2 saturated heterocycles. The highest BCUT2D eigenvalue weighted by Crippen LogP contribution is 2.18. The molecule has 6 nitrogen and oxygen atoms in total. The summed E-state index contributed by atoms with van der Waals surface area (Å²) in [6.07, 6.45) is 0.961. The molecule has 0 aromatic rings. The van der Waals surface area contributed by atoms with Crippen LogP contribution in [0.1, 0.15) is 12.8 Å². The Morgan fingerprint density at radius 1 is 1.41 bits per heavy atom. The van der Waals surface area contributed by atoms with Crippen molar-refractivity contribution in [1.29, 1.82) is 0 Å². The fraction of sp³-hybridized carbons (Fsp3) is 0.818. The normalized spacial score (nSPS) is 30.0. The van der Waals surface area contributed by atoms with Crippen LogP contribution in [0.25, 0.3) is 0 Å². The van der Waals surface area contributed by atoms with Crippen molar-refractivity contribution in [3.05, 3.63) is 0 Å². The number of hydrogen-bond donors (Lipinski definition) is 2. The minimum Gasteiger partial charge on any atom is -0.481 e. The second-order valence-corrected chi connectivity index (χ2v) is 4.53. The van der Waals surface area contributed by atoms with Crippen molar-refractivity contribution in [1.82, 2.24) is 10.2 Å². The van der Waals surface area contributed by atoms with Crippen LogP contribution in [-0.4, -0.2) is 60.8 Å². The van der Waals surface area contributed by atoms with E-state index in [0.29, 0.717) is 32.7 Å². The largest absolute Gasteiger partial charge is 0.481 e. The van der Waals surface area contributed by atoms with Gasteiger partial charge in [0.2, 0.25) is 0 Å². The third-order valence-corrected chi connectivity index (χ3v) is 3.29. The van der Waals surface area contributed by atoms with Crippen molar-refractivity contribution in [2.45, 2.75) is 18.9 Å². The second-order valence-electron chi connectivity index (χ2n) is 4.53. The van der Waals surface area contributed by atoms with Crippen LogP contribution in [0.5, 0.6) is 0 Å². The van der Waals surface area contributed by atoms with E-state index in [0.717, 1.165) is 13.0 Å². The molecule has 2 rings (SSSR count). The second kappa shape index (κ2) is 5.46. The van der Waals surface area contributed by atoms with Crippen LogP contribution in [0.4, 0.5) is 0 Å². The van der Waals surface area contributed by atoms with Crippen molar-refractivity contribution in [3.63, 3.8) is 0 Å². The molecule has 6 heteroatoms. The number of carbonyl (C=O) groups is 2. The number of amides is 1. The molecule has 2 N–H and O–H groups in total. The van der Waals surface area contributed by atoms with Gasteiger partial charge in [-0.3, -0.25) is 9.59 Å². The van der Waals surface area contributed by atoms with E-state index < -0.39 is 18.0 Å². The van der Waals surface area contributed by atoms with Crippen LogP contribution in [0.2, 0.25) is 0 Å². The molecule has 1 amide bonds. The first-order valence-corrected chi connectivity index (χ1v) is 6.02. The van der Waals surface area contributed by atoms with Gasteiger partial charge in [0.1, 0.15) is 6.10 Å². The molecule has 2 fully saturated rings. The van der Waals surface area contributed by atoms with Crippen LogP contribution >= 0.6 is 0 Å². The summed E-state index contributed by atoms with van der Waals surface area (Å²) >= 11 is 0. The number of rotatable bonds is 2. The number of carbonyl (C=O) groups excluding carboxylic acids is 1. The summed E-state index contributed by atoms with van der Waals surface area (Å²) < 4.78 is 5.39. The van der Waals surface area contributed by atoms with E-state index in [2.05, 4.69) is 5.32 Å². The number of ether oxygens (including phenoxy) is 1. The molecule has 0 bridgehead atoms. The first kappa shape index (κ1) is 12.3. The molecular formula is C11H18N2O4. The topological polar surface area (TPSA) is 78.9 Å². The molecule has 1 unspecified atom stereocenters. The van der Waals surface area contributed by atoms with Gasteiger partial charge >= 0.3 is 5.97 Å². The Bertz CT molecular complexity index is 302. The molecule has 2 aliphatic heterocycles. The highest BCUT2D eigenvalue weighted by atomic mass is 16.5.